The van der Waals surface area contributed by atoms with Crippen molar-refractivity contribution < 1.29 is 14.7 Å². The van der Waals surface area contributed by atoms with Gasteiger partial charge in [0.05, 0.1) is 12.1 Å². The molecule has 6 aliphatic rings. The van der Waals surface area contributed by atoms with Crippen LogP contribution in [0.2, 0.25) is 0 Å². The molecule has 4 heteroatoms. The highest BCUT2D eigenvalue weighted by atomic mass is 16.7. The Morgan fingerprint density at radius 1 is 1.02 bits per heavy atom. The van der Waals surface area contributed by atoms with Crippen molar-refractivity contribution in [3.63, 3.8) is 0 Å². The highest BCUT2D eigenvalue weighted by Crippen LogP contribution is 2.67. The van der Waals surface area contributed by atoms with E-state index in [0.29, 0.717) is 35.0 Å². The Balaban J connectivity index is 1.00. The summed E-state index contributed by atoms with van der Waals surface area (Å²) in [6.45, 7) is 7.59. The van der Waals surface area contributed by atoms with Crippen molar-refractivity contribution >= 4 is 5.91 Å². The van der Waals surface area contributed by atoms with E-state index < -0.39 is 0 Å². The van der Waals surface area contributed by atoms with Crippen LogP contribution in [0.3, 0.4) is 0 Å². The maximum absolute atomic E-state index is 13.6. The van der Waals surface area contributed by atoms with Crippen molar-refractivity contribution in [2.24, 2.45) is 46.3 Å². The number of carbonyl (C=O) groups is 1. The molecule has 1 saturated heterocycles. The first-order valence-electron chi connectivity index (χ1n) is 16.7. The fourth-order valence-electron chi connectivity index (χ4n) is 11.4. The van der Waals surface area contributed by atoms with Gasteiger partial charge in [-0.25, -0.2) is 5.06 Å². The lowest BCUT2D eigenvalue weighted by molar-refractivity contribution is -0.190. The zero-order valence-electron chi connectivity index (χ0n) is 25.1. The van der Waals surface area contributed by atoms with E-state index in [9.17, 15) is 9.90 Å². The molecule has 4 saturated carbocycles. The van der Waals surface area contributed by atoms with Crippen LogP contribution in [0.25, 0.3) is 0 Å². The Bertz CT molecular complexity index is 1130. The number of aliphatic hydroxyl groups excluding tert-OH is 1. The van der Waals surface area contributed by atoms with Crippen molar-refractivity contribution in [1.82, 2.24) is 5.06 Å². The molecule has 7 rings (SSSR count). The molecule has 1 amide bonds. The van der Waals surface area contributed by atoms with Gasteiger partial charge in [-0.3, -0.25) is 9.63 Å². The van der Waals surface area contributed by atoms with Gasteiger partial charge in [0.2, 0.25) is 5.91 Å². The van der Waals surface area contributed by atoms with Crippen molar-refractivity contribution in [2.45, 2.75) is 122 Å². The molecule has 40 heavy (non-hydrogen) atoms. The normalized spacial score (nSPS) is 44.8. The smallest absolute Gasteiger partial charge is 0.246 e. The Hall–Kier alpha value is -1.65. The lowest BCUT2D eigenvalue weighted by Crippen LogP contribution is -2.50. The number of hydrogen-bond acceptors (Lipinski definition) is 3. The van der Waals surface area contributed by atoms with Crippen molar-refractivity contribution in [3.8, 4) is 0 Å². The Morgan fingerprint density at radius 3 is 2.67 bits per heavy atom. The van der Waals surface area contributed by atoms with Gasteiger partial charge in [-0.15, -0.1) is 0 Å². The molecule has 1 N–H and O–H groups in total. The Labute approximate surface area is 241 Å². The predicted octanol–water partition coefficient (Wildman–Crippen LogP) is 8.03. The quantitative estimate of drug-likeness (QED) is 0.381. The lowest BCUT2D eigenvalue weighted by atomic mass is 9.47. The molecule has 0 radical (unpaired) electrons. The fourth-order valence-corrected chi connectivity index (χ4v) is 11.4. The summed E-state index contributed by atoms with van der Waals surface area (Å²) >= 11 is 0. The summed E-state index contributed by atoms with van der Waals surface area (Å²) in [5.74, 6) is 4.33. The molecule has 218 valence electrons. The number of amides is 1. The van der Waals surface area contributed by atoms with Gasteiger partial charge in [0, 0.05) is 12.3 Å². The maximum Gasteiger partial charge on any atom is 0.246 e. The summed E-state index contributed by atoms with van der Waals surface area (Å²) in [5.41, 5.74) is 3.50. The van der Waals surface area contributed by atoms with Gasteiger partial charge in [-0.2, -0.15) is 0 Å². The van der Waals surface area contributed by atoms with Crippen LogP contribution in [0.15, 0.2) is 42.0 Å². The van der Waals surface area contributed by atoms with E-state index in [0.717, 1.165) is 56.3 Å². The van der Waals surface area contributed by atoms with E-state index in [1.165, 1.54) is 44.1 Å². The van der Waals surface area contributed by atoms with Gasteiger partial charge in [0.15, 0.2) is 0 Å². The van der Waals surface area contributed by atoms with E-state index in [2.05, 4.69) is 57.2 Å². The summed E-state index contributed by atoms with van der Waals surface area (Å²) in [4.78, 5) is 20.0. The third-order valence-electron chi connectivity index (χ3n) is 13.5. The van der Waals surface area contributed by atoms with Gasteiger partial charge in [-0.1, -0.05) is 69.2 Å². The SMILES string of the molecule is C[C@H](CCC(=O)N1O[C@H](c2ccccc2)[C@H]2CCC[C@H]21)[C@H]1CC[C@H]2[C@@H]3CC=C4C[C@@H](O)CC[C@]4(C)[C@H]3CC[C@]12C. The second-order valence-electron chi connectivity index (χ2n) is 15.2. The largest absolute Gasteiger partial charge is 0.393 e. The van der Waals surface area contributed by atoms with Gasteiger partial charge in [0.25, 0.3) is 0 Å². The highest BCUT2D eigenvalue weighted by molar-refractivity contribution is 5.75. The number of hydroxylamine groups is 2. The summed E-state index contributed by atoms with van der Waals surface area (Å²) in [5, 5.41) is 12.2. The standard InChI is InChI=1S/C36H51NO3/c1-23(12-17-33(39)37-32-11-7-10-28(32)34(40-37)24-8-5-4-6-9-24)29-15-16-30-27-14-13-25-22-26(38)18-20-35(25,2)31(27)19-21-36(29,30)3/h4-6,8-9,13,23,26-32,34,38H,7,10-12,14-22H2,1-3H3/t23-,26+,27+,28+,29-,30+,31+,32-,34-,35+,36-/m1/s1. The van der Waals surface area contributed by atoms with Crippen molar-refractivity contribution in [2.75, 3.05) is 0 Å². The summed E-state index contributed by atoms with van der Waals surface area (Å²) in [6, 6.07) is 10.8. The number of rotatable bonds is 5. The molecule has 1 heterocycles. The number of benzene rings is 1. The first kappa shape index (κ1) is 27.2. The molecule has 0 unspecified atom stereocenters. The first-order chi connectivity index (χ1) is 19.3. The summed E-state index contributed by atoms with van der Waals surface area (Å²) in [7, 11) is 0. The number of fused-ring (bicyclic) bond motifs is 6. The molecule has 5 aliphatic carbocycles. The number of hydrogen-bond donors (Lipinski definition) is 1. The minimum Gasteiger partial charge on any atom is -0.393 e. The molecule has 0 aromatic heterocycles. The first-order valence-corrected chi connectivity index (χ1v) is 16.7. The van der Waals surface area contributed by atoms with Crippen LogP contribution in [0.5, 0.6) is 0 Å². The van der Waals surface area contributed by atoms with Crippen LogP contribution in [-0.2, 0) is 9.63 Å². The second kappa shape index (κ2) is 10.3. The Kier molecular flexibility index (Phi) is 6.98. The molecule has 1 aliphatic heterocycles. The third-order valence-corrected chi connectivity index (χ3v) is 13.5. The van der Waals surface area contributed by atoms with Gasteiger partial charge in [0.1, 0.15) is 6.10 Å². The molecular weight excluding hydrogens is 494 g/mol. The minimum absolute atomic E-state index is 0.0269. The molecule has 0 bridgehead atoms. The average Bonchev–Trinajstić information content (AvgIpc) is 3.66. The van der Waals surface area contributed by atoms with E-state index in [1.807, 2.05) is 5.06 Å². The second-order valence-corrected chi connectivity index (χ2v) is 15.2. The number of nitrogens with zero attached hydrogens (tertiary/aromatic N) is 1. The molecule has 0 spiro atoms. The molecule has 11 atom stereocenters. The molecule has 4 nitrogen and oxygen atoms in total. The highest BCUT2D eigenvalue weighted by Gasteiger charge is 2.59. The minimum atomic E-state index is -0.126. The van der Waals surface area contributed by atoms with Crippen molar-refractivity contribution in [3.05, 3.63) is 47.5 Å². The molecule has 1 aromatic rings. The van der Waals surface area contributed by atoms with Crippen LogP contribution < -0.4 is 0 Å². The topological polar surface area (TPSA) is 49.8 Å². The third kappa shape index (κ3) is 4.25. The number of aliphatic hydroxyl groups is 1. The van der Waals surface area contributed by atoms with Gasteiger partial charge in [-0.05, 0) is 117 Å². The van der Waals surface area contributed by atoms with Crippen LogP contribution >= 0.6 is 0 Å². The fraction of sp³-hybridized carbons (Fsp3) is 0.750. The van der Waals surface area contributed by atoms with E-state index in [4.69, 9.17) is 4.84 Å². The number of allylic oxidation sites excluding steroid dienone is 1. The van der Waals surface area contributed by atoms with E-state index in [1.54, 1.807) is 5.57 Å². The molecule has 1 aromatic carbocycles. The summed E-state index contributed by atoms with van der Waals surface area (Å²) in [6.07, 6.45) is 17.1. The van der Waals surface area contributed by atoms with Gasteiger partial charge >= 0.3 is 0 Å². The van der Waals surface area contributed by atoms with Crippen molar-refractivity contribution in [1.29, 1.82) is 0 Å². The monoisotopic (exact) mass is 545 g/mol. The Morgan fingerprint density at radius 2 is 1.85 bits per heavy atom. The van der Waals surface area contributed by atoms with Crippen LogP contribution in [0, 0.1) is 46.3 Å². The zero-order valence-corrected chi connectivity index (χ0v) is 25.1. The van der Waals surface area contributed by atoms with Crippen LogP contribution in [0.4, 0.5) is 0 Å². The number of carbonyl (C=O) groups excluding carboxylic acids is 1. The lowest BCUT2D eigenvalue weighted by Gasteiger charge is -2.58. The van der Waals surface area contributed by atoms with E-state index in [-0.39, 0.29) is 24.2 Å². The van der Waals surface area contributed by atoms with E-state index >= 15 is 0 Å². The summed E-state index contributed by atoms with van der Waals surface area (Å²) < 4.78 is 0. The van der Waals surface area contributed by atoms with Crippen LogP contribution in [-0.4, -0.2) is 28.2 Å². The van der Waals surface area contributed by atoms with Gasteiger partial charge < -0.3 is 5.11 Å². The average molecular weight is 546 g/mol. The zero-order chi connectivity index (χ0) is 27.6. The maximum atomic E-state index is 13.6. The van der Waals surface area contributed by atoms with Crippen LogP contribution in [0.1, 0.15) is 116 Å². The molecular formula is C36H51NO3. The molecule has 5 fully saturated rings. The predicted molar refractivity (Wildman–Crippen MR) is 158 cm³/mol.